The van der Waals surface area contributed by atoms with Crippen molar-refractivity contribution in [3.8, 4) is 11.5 Å². The molecule has 2 aliphatic rings. The van der Waals surface area contributed by atoms with Crippen molar-refractivity contribution in [3.63, 3.8) is 0 Å². The maximum Gasteiger partial charge on any atom is 0.273 e. The SMILES string of the molecule is O=C(NCc1cc(Cl)c2c(c1)OCCO2)c1cn(C2CCNCC2)nn1. The minimum absolute atomic E-state index is 0.267. The van der Waals surface area contributed by atoms with E-state index in [1.807, 2.05) is 6.07 Å². The molecule has 1 fully saturated rings. The second-order valence-electron chi connectivity index (χ2n) is 6.35. The van der Waals surface area contributed by atoms with Crippen LogP contribution in [0.3, 0.4) is 0 Å². The molecule has 138 valence electrons. The lowest BCUT2D eigenvalue weighted by atomic mass is 10.1. The van der Waals surface area contributed by atoms with Crippen molar-refractivity contribution in [1.82, 2.24) is 25.6 Å². The third-order valence-corrected chi connectivity index (χ3v) is 4.82. The van der Waals surface area contributed by atoms with Crippen molar-refractivity contribution >= 4 is 17.5 Å². The van der Waals surface area contributed by atoms with Crippen LogP contribution >= 0.6 is 11.6 Å². The van der Waals surface area contributed by atoms with Crippen LogP contribution in [-0.4, -0.2) is 47.2 Å². The van der Waals surface area contributed by atoms with E-state index in [1.165, 1.54) is 0 Å². The summed E-state index contributed by atoms with van der Waals surface area (Å²) in [7, 11) is 0. The lowest BCUT2D eigenvalue weighted by molar-refractivity contribution is 0.0945. The quantitative estimate of drug-likeness (QED) is 0.840. The number of fused-ring (bicyclic) bond motifs is 1. The second-order valence-corrected chi connectivity index (χ2v) is 6.76. The van der Waals surface area contributed by atoms with Crippen molar-refractivity contribution in [1.29, 1.82) is 0 Å². The Labute approximate surface area is 155 Å². The van der Waals surface area contributed by atoms with Gasteiger partial charge in [0.05, 0.1) is 17.3 Å². The summed E-state index contributed by atoms with van der Waals surface area (Å²) in [5, 5.41) is 14.7. The number of nitrogens with one attached hydrogen (secondary N) is 2. The number of amides is 1. The standard InChI is InChI=1S/C17H20ClN5O3/c18-13-7-11(8-15-16(13)26-6-5-25-15)9-20-17(24)14-10-23(22-21-14)12-1-3-19-4-2-12/h7-8,10,12,19H,1-6,9H2,(H,20,24). The van der Waals surface area contributed by atoms with Crippen molar-refractivity contribution < 1.29 is 14.3 Å². The fourth-order valence-corrected chi connectivity index (χ4v) is 3.46. The molecule has 4 rings (SSSR count). The van der Waals surface area contributed by atoms with E-state index in [2.05, 4.69) is 20.9 Å². The van der Waals surface area contributed by atoms with Crippen LogP contribution in [0.25, 0.3) is 0 Å². The Morgan fingerprint density at radius 1 is 1.31 bits per heavy atom. The van der Waals surface area contributed by atoms with Gasteiger partial charge in [-0.1, -0.05) is 16.8 Å². The predicted octanol–water partition coefficient (Wildman–Crippen LogP) is 1.56. The van der Waals surface area contributed by atoms with Gasteiger partial charge < -0.3 is 20.1 Å². The number of piperidine rings is 1. The molecule has 2 N–H and O–H groups in total. The highest BCUT2D eigenvalue weighted by Crippen LogP contribution is 2.38. The van der Waals surface area contributed by atoms with Crippen LogP contribution in [0.2, 0.25) is 5.02 Å². The third-order valence-electron chi connectivity index (χ3n) is 4.54. The van der Waals surface area contributed by atoms with E-state index < -0.39 is 0 Å². The largest absolute Gasteiger partial charge is 0.486 e. The Morgan fingerprint density at radius 2 is 2.12 bits per heavy atom. The van der Waals surface area contributed by atoms with Gasteiger partial charge in [0.1, 0.15) is 13.2 Å². The molecular weight excluding hydrogens is 358 g/mol. The second kappa shape index (κ2) is 7.51. The zero-order valence-electron chi connectivity index (χ0n) is 14.2. The van der Waals surface area contributed by atoms with Crippen LogP contribution in [0, 0.1) is 0 Å². The normalized spacial score (nSPS) is 17.1. The molecule has 9 heteroatoms. The van der Waals surface area contributed by atoms with Gasteiger partial charge in [-0.25, -0.2) is 4.68 Å². The zero-order valence-corrected chi connectivity index (χ0v) is 15.0. The van der Waals surface area contributed by atoms with Gasteiger partial charge in [0, 0.05) is 6.54 Å². The van der Waals surface area contributed by atoms with E-state index in [-0.39, 0.29) is 5.91 Å². The van der Waals surface area contributed by atoms with Crippen LogP contribution in [-0.2, 0) is 6.54 Å². The van der Waals surface area contributed by atoms with Crippen LogP contribution in [0.5, 0.6) is 11.5 Å². The number of hydrogen-bond donors (Lipinski definition) is 2. The number of aromatic nitrogens is 3. The smallest absolute Gasteiger partial charge is 0.273 e. The number of carbonyl (C=O) groups is 1. The molecule has 8 nitrogen and oxygen atoms in total. The molecule has 2 aliphatic heterocycles. The molecule has 0 unspecified atom stereocenters. The molecule has 1 aromatic carbocycles. The van der Waals surface area contributed by atoms with Crippen LogP contribution in [0.4, 0.5) is 0 Å². The zero-order chi connectivity index (χ0) is 17.9. The maximum absolute atomic E-state index is 12.4. The first-order valence-electron chi connectivity index (χ1n) is 8.69. The highest BCUT2D eigenvalue weighted by molar-refractivity contribution is 6.32. The minimum atomic E-state index is -0.267. The molecule has 1 saturated heterocycles. The van der Waals surface area contributed by atoms with E-state index in [0.717, 1.165) is 31.5 Å². The summed E-state index contributed by atoms with van der Waals surface area (Å²) >= 11 is 6.22. The Kier molecular flexibility index (Phi) is 4.94. The number of hydrogen-bond acceptors (Lipinski definition) is 6. The van der Waals surface area contributed by atoms with E-state index in [0.29, 0.717) is 48.0 Å². The van der Waals surface area contributed by atoms with Gasteiger partial charge in [0.25, 0.3) is 5.91 Å². The summed E-state index contributed by atoms with van der Waals surface area (Å²) in [6.07, 6.45) is 3.68. The molecule has 0 spiro atoms. The first kappa shape index (κ1) is 17.1. The molecule has 1 amide bonds. The monoisotopic (exact) mass is 377 g/mol. The summed E-state index contributed by atoms with van der Waals surface area (Å²) in [6.45, 7) is 3.19. The number of carbonyl (C=O) groups excluding carboxylic acids is 1. The molecule has 0 bridgehead atoms. The van der Waals surface area contributed by atoms with Crippen molar-refractivity contribution in [2.75, 3.05) is 26.3 Å². The topological polar surface area (TPSA) is 90.3 Å². The first-order valence-corrected chi connectivity index (χ1v) is 9.07. The molecule has 0 atom stereocenters. The maximum atomic E-state index is 12.4. The van der Waals surface area contributed by atoms with Gasteiger partial charge >= 0.3 is 0 Å². The van der Waals surface area contributed by atoms with Gasteiger partial charge in [-0.05, 0) is 43.6 Å². The molecule has 26 heavy (non-hydrogen) atoms. The highest BCUT2D eigenvalue weighted by atomic mass is 35.5. The lowest BCUT2D eigenvalue weighted by Gasteiger charge is -2.22. The highest BCUT2D eigenvalue weighted by Gasteiger charge is 2.20. The minimum Gasteiger partial charge on any atom is -0.486 e. The Balaban J connectivity index is 1.39. The van der Waals surface area contributed by atoms with Crippen molar-refractivity contribution in [2.45, 2.75) is 25.4 Å². The molecular formula is C17H20ClN5O3. The van der Waals surface area contributed by atoms with E-state index in [4.69, 9.17) is 21.1 Å². The van der Waals surface area contributed by atoms with Gasteiger partial charge in [-0.15, -0.1) is 5.10 Å². The summed E-state index contributed by atoms with van der Waals surface area (Å²) < 4.78 is 12.8. The van der Waals surface area contributed by atoms with Crippen LogP contribution in [0.1, 0.15) is 34.9 Å². The summed E-state index contributed by atoms with van der Waals surface area (Å²) in [4.78, 5) is 12.4. The van der Waals surface area contributed by atoms with E-state index in [1.54, 1.807) is 16.9 Å². The fourth-order valence-electron chi connectivity index (χ4n) is 3.17. The van der Waals surface area contributed by atoms with Crippen LogP contribution < -0.4 is 20.1 Å². The molecule has 3 heterocycles. The summed E-state index contributed by atoms with van der Waals surface area (Å²) in [5.74, 6) is 0.888. The predicted molar refractivity (Wildman–Crippen MR) is 94.8 cm³/mol. The molecule has 0 aliphatic carbocycles. The fraction of sp³-hybridized carbons (Fsp3) is 0.471. The average molecular weight is 378 g/mol. The Hall–Kier alpha value is -2.32. The number of rotatable bonds is 4. The number of benzene rings is 1. The molecule has 2 aromatic rings. The van der Waals surface area contributed by atoms with Gasteiger partial charge in [0.2, 0.25) is 0 Å². The average Bonchev–Trinajstić information content (AvgIpc) is 3.17. The lowest BCUT2D eigenvalue weighted by Crippen LogP contribution is -2.29. The number of halogens is 1. The summed E-state index contributed by atoms with van der Waals surface area (Å²) in [5.41, 5.74) is 1.14. The third kappa shape index (κ3) is 3.61. The van der Waals surface area contributed by atoms with Gasteiger partial charge in [-0.2, -0.15) is 0 Å². The Bertz CT molecular complexity index is 804. The Morgan fingerprint density at radius 3 is 2.96 bits per heavy atom. The van der Waals surface area contributed by atoms with E-state index >= 15 is 0 Å². The van der Waals surface area contributed by atoms with Crippen molar-refractivity contribution in [2.24, 2.45) is 0 Å². The number of ether oxygens (including phenoxy) is 2. The van der Waals surface area contributed by atoms with Crippen molar-refractivity contribution in [3.05, 3.63) is 34.6 Å². The van der Waals surface area contributed by atoms with Gasteiger partial charge in [-0.3, -0.25) is 4.79 Å². The first-order chi connectivity index (χ1) is 12.7. The molecule has 1 aromatic heterocycles. The molecule has 0 radical (unpaired) electrons. The van der Waals surface area contributed by atoms with E-state index in [9.17, 15) is 4.79 Å². The summed E-state index contributed by atoms with van der Waals surface area (Å²) in [6, 6.07) is 3.88. The van der Waals surface area contributed by atoms with Crippen LogP contribution in [0.15, 0.2) is 18.3 Å². The number of nitrogens with zero attached hydrogens (tertiary/aromatic N) is 3. The molecule has 0 saturated carbocycles. The van der Waals surface area contributed by atoms with Gasteiger partial charge in [0.15, 0.2) is 17.2 Å².